The smallest absolute Gasteiger partial charge is 0.410 e. The zero-order valence-corrected chi connectivity index (χ0v) is 21.1. The van der Waals surface area contributed by atoms with E-state index >= 15 is 0 Å². The molecule has 2 N–H and O–H groups in total. The second-order valence-electron chi connectivity index (χ2n) is 8.28. The van der Waals surface area contributed by atoms with Gasteiger partial charge in [-0.2, -0.15) is 9.97 Å². The number of amides is 1. The Bertz CT molecular complexity index is 1060. The number of ether oxygens (including phenoxy) is 2. The number of thioether (sulfide) groups is 1. The predicted molar refractivity (Wildman–Crippen MR) is 135 cm³/mol. The van der Waals surface area contributed by atoms with E-state index < -0.39 is 16.6 Å². The molecule has 1 aromatic heterocycles. The minimum Gasteiger partial charge on any atom is -0.468 e. The molecule has 1 fully saturated rings. The molecule has 13 heteroatoms. The second-order valence-corrected chi connectivity index (χ2v) is 9.06. The van der Waals surface area contributed by atoms with Crippen LogP contribution < -0.4 is 10.6 Å². The lowest BCUT2D eigenvalue weighted by Crippen LogP contribution is -2.40. The summed E-state index contributed by atoms with van der Waals surface area (Å²) >= 11 is 1.19. The highest BCUT2D eigenvalue weighted by Crippen LogP contribution is 2.33. The zero-order valence-electron chi connectivity index (χ0n) is 20.3. The van der Waals surface area contributed by atoms with E-state index in [4.69, 9.17) is 15.2 Å². The highest BCUT2D eigenvalue weighted by Gasteiger charge is 2.30. The molecule has 36 heavy (non-hydrogen) atoms. The van der Waals surface area contributed by atoms with E-state index in [9.17, 15) is 19.7 Å². The number of methoxy groups -OCH3 is 1. The number of nitrogens with two attached hydrogens (primary N) is 1. The summed E-state index contributed by atoms with van der Waals surface area (Å²) in [6.07, 6.45) is 3.52. The second kappa shape index (κ2) is 12.9. The first-order valence-electron chi connectivity index (χ1n) is 11.5. The Morgan fingerprint density at radius 1 is 1.25 bits per heavy atom. The van der Waals surface area contributed by atoms with Gasteiger partial charge in [0.05, 0.1) is 12.0 Å². The highest BCUT2D eigenvalue weighted by molar-refractivity contribution is 7.98. The molecule has 12 nitrogen and oxygen atoms in total. The molecule has 0 saturated carbocycles. The monoisotopic (exact) mass is 518 g/mol. The molecule has 1 aromatic carbocycles. The third-order valence-corrected chi connectivity index (χ3v) is 6.52. The molecule has 0 aliphatic carbocycles. The summed E-state index contributed by atoms with van der Waals surface area (Å²) in [5, 5.41) is 12.0. The van der Waals surface area contributed by atoms with Crippen LogP contribution in [0.1, 0.15) is 24.8 Å². The number of anilines is 2. The van der Waals surface area contributed by atoms with Crippen molar-refractivity contribution in [3.63, 3.8) is 0 Å². The van der Waals surface area contributed by atoms with Crippen molar-refractivity contribution in [1.82, 2.24) is 14.9 Å². The fourth-order valence-electron chi connectivity index (χ4n) is 3.96. The number of aromatic nitrogens is 2. The number of carbonyl (C=O) groups is 2. The van der Waals surface area contributed by atoms with Crippen LogP contribution in [0.15, 0.2) is 35.5 Å². The molecular weight excluding hydrogens is 488 g/mol. The van der Waals surface area contributed by atoms with E-state index in [1.807, 2.05) is 30.3 Å². The first kappa shape index (κ1) is 27.0. The molecule has 1 amide bonds. The van der Waals surface area contributed by atoms with Crippen molar-refractivity contribution in [2.24, 2.45) is 5.92 Å². The zero-order chi connectivity index (χ0) is 26.1. The summed E-state index contributed by atoms with van der Waals surface area (Å²) < 4.78 is 10.2. The van der Waals surface area contributed by atoms with Crippen LogP contribution in [0.2, 0.25) is 0 Å². The van der Waals surface area contributed by atoms with Crippen LogP contribution in [-0.4, -0.2) is 71.4 Å². The van der Waals surface area contributed by atoms with Gasteiger partial charge in [-0.15, -0.1) is 0 Å². The molecule has 0 spiro atoms. The standard InChI is InChI=1S/C23H30N6O6S/c1-34-18(30)14-28(21-19(29(32)33)20(24)25-22(26-21)36-2)13-10-16-8-11-27(12-9-16)23(31)35-15-17-6-4-3-5-7-17/h3-7,16H,8-15H2,1-2H3,(H2,24,25,26). The number of benzene rings is 1. The lowest BCUT2D eigenvalue weighted by atomic mass is 9.93. The van der Waals surface area contributed by atoms with Crippen LogP contribution in [0.3, 0.4) is 0 Å². The maximum absolute atomic E-state index is 12.4. The van der Waals surface area contributed by atoms with Gasteiger partial charge in [-0.1, -0.05) is 42.1 Å². The average Bonchev–Trinajstić information content (AvgIpc) is 2.89. The Balaban J connectivity index is 1.61. The third-order valence-electron chi connectivity index (χ3n) is 5.97. The number of nitro groups is 1. The van der Waals surface area contributed by atoms with E-state index in [0.717, 1.165) is 18.4 Å². The number of hydrogen-bond donors (Lipinski definition) is 1. The van der Waals surface area contributed by atoms with Gasteiger partial charge in [0.25, 0.3) is 0 Å². The Morgan fingerprint density at radius 2 is 1.94 bits per heavy atom. The van der Waals surface area contributed by atoms with Crippen LogP contribution in [0, 0.1) is 16.0 Å². The number of hydrogen-bond acceptors (Lipinski definition) is 11. The van der Waals surface area contributed by atoms with E-state index in [2.05, 4.69) is 9.97 Å². The molecule has 2 aromatic rings. The molecule has 1 aliphatic heterocycles. The average molecular weight is 519 g/mol. The van der Waals surface area contributed by atoms with Crippen LogP contribution in [0.25, 0.3) is 0 Å². The van der Waals surface area contributed by atoms with Gasteiger partial charge in [0.2, 0.25) is 11.6 Å². The van der Waals surface area contributed by atoms with Crippen molar-refractivity contribution in [3.05, 3.63) is 46.0 Å². The van der Waals surface area contributed by atoms with Gasteiger partial charge in [-0.3, -0.25) is 14.9 Å². The number of likely N-dealkylation sites (tertiary alicyclic amines) is 1. The summed E-state index contributed by atoms with van der Waals surface area (Å²) in [6.45, 7) is 1.43. The normalized spacial score (nSPS) is 13.8. The lowest BCUT2D eigenvalue weighted by molar-refractivity contribution is -0.383. The van der Waals surface area contributed by atoms with E-state index in [0.29, 0.717) is 26.1 Å². The minimum atomic E-state index is -0.640. The third kappa shape index (κ3) is 7.20. The maximum Gasteiger partial charge on any atom is 0.410 e. The van der Waals surface area contributed by atoms with Gasteiger partial charge in [-0.05, 0) is 37.0 Å². The molecule has 3 rings (SSSR count). The lowest BCUT2D eigenvalue weighted by Gasteiger charge is -2.32. The quantitative estimate of drug-likeness (QED) is 0.162. The van der Waals surface area contributed by atoms with Gasteiger partial charge < -0.3 is 25.0 Å². The van der Waals surface area contributed by atoms with E-state index in [1.54, 1.807) is 11.2 Å². The maximum atomic E-state index is 12.4. The van der Waals surface area contributed by atoms with Crippen LogP contribution >= 0.6 is 11.8 Å². The summed E-state index contributed by atoms with van der Waals surface area (Å²) in [5.41, 5.74) is 6.33. The van der Waals surface area contributed by atoms with Gasteiger partial charge in [0, 0.05) is 19.6 Å². The Morgan fingerprint density at radius 3 is 2.56 bits per heavy atom. The fourth-order valence-corrected chi connectivity index (χ4v) is 4.33. The van der Waals surface area contributed by atoms with Crippen molar-refractivity contribution in [2.45, 2.75) is 31.0 Å². The summed E-state index contributed by atoms with van der Waals surface area (Å²) in [5.74, 6) is -0.569. The first-order chi connectivity index (χ1) is 17.3. The summed E-state index contributed by atoms with van der Waals surface area (Å²) in [4.78, 5) is 47.0. The largest absolute Gasteiger partial charge is 0.468 e. The predicted octanol–water partition coefficient (Wildman–Crippen LogP) is 3.11. The van der Waals surface area contributed by atoms with Crippen molar-refractivity contribution in [3.8, 4) is 0 Å². The molecule has 194 valence electrons. The topological polar surface area (TPSA) is 154 Å². The number of esters is 1. The number of nitrogens with zero attached hydrogens (tertiary/aromatic N) is 5. The molecule has 1 aliphatic rings. The number of rotatable bonds is 10. The van der Waals surface area contributed by atoms with Crippen LogP contribution in [0.5, 0.6) is 0 Å². The van der Waals surface area contributed by atoms with Gasteiger partial charge in [0.1, 0.15) is 13.2 Å². The Labute approximate surface area is 213 Å². The minimum absolute atomic E-state index is 0.0100. The number of carbonyl (C=O) groups excluding carboxylic acids is 2. The van der Waals surface area contributed by atoms with Gasteiger partial charge in [-0.25, -0.2) is 4.79 Å². The molecule has 0 atom stereocenters. The first-order valence-corrected chi connectivity index (χ1v) is 12.7. The van der Waals surface area contributed by atoms with Crippen LogP contribution in [0.4, 0.5) is 22.1 Å². The van der Waals surface area contributed by atoms with Crippen LogP contribution in [-0.2, 0) is 20.9 Å². The Hall–Kier alpha value is -3.61. The van der Waals surface area contributed by atoms with Crippen molar-refractivity contribution in [2.75, 3.05) is 50.2 Å². The number of piperidine rings is 1. The fraction of sp³-hybridized carbons (Fsp3) is 0.478. The highest BCUT2D eigenvalue weighted by atomic mass is 32.2. The molecular formula is C23H30N6O6S. The molecule has 1 saturated heterocycles. The van der Waals surface area contributed by atoms with Gasteiger partial charge >= 0.3 is 17.7 Å². The summed E-state index contributed by atoms with van der Waals surface area (Å²) in [6, 6.07) is 9.49. The molecule has 0 bridgehead atoms. The van der Waals surface area contributed by atoms with Crippen molar-refractivity contribution < 1.29 is 24.0 Å². The molecule has 0 unspecified atom stereocenters. The van der Waals surface area contributed by atoms with E-state index in [1.165, 1.54) is 23.8 Å². The van der Waals surface area contributed by atoms with Crippen molar-refractivity contribution >= 4 is 41.1 Å². The number of nitrogen functional groups attached to an aromatic ring is 1. The molecule has 2 heterocycles. The van der Waals surface area contributed by atoms with E-state index in [-0.39, 0.29) is 42.0 Å². The van der Waals surface area contributed by atoms with Crippen molar-refractivity contribution in [1.29, 1.82) is 0 Å². The molecule has 0 radical (unpaired) electrons. The van der Waals surface area contributed by atoms with Gasteiger partial charge in [0.15, 0.2) is 5.16 Å². The summed E-state index contributed by atoms with van der Waals surface area (Å²) in [7, 11) is 1.25. The SMILES string of the molecule is COC(=O)CN(CCC1CCN(C(=O)OCc2ccccc2)CC1)c1nc(SC)nc(N)c1[N+](=O)[O-]. The Kier molecular flexibility index (Phi) is 9.68.